The van der Waals surface area contributed by atoms with E-state index in [2.05, 4.69) is 34.3 Å². The van der Waals surface area contributed by atoms with Crippen LogP contribution < -0.4 is 5.32 Å². The number of nitrogens with zero attached hydrogens (tertiary/aromatic N) is 3. The molecule has 4 heteroatoms. The van der Waals surface area contributed by atoms with E-state index in [9.17, 15) is 0 Å². The molecule has 1 saturated carbocycles. The predicted molar refractivity (Wildman–Crippen MR) is 72.3 cm³/mol. The van der Waals surface area contributed by atoms with E-state index in [4.69, 9.17) is 0 Å². The summed E-state index contributed by atoms with van der Waals surface area (Å²) in [6.07, 6.45) is 2.47. The molecule has 1 aliphatic carbocycles. The van der Waals surface area contributed by atoms with Crippen LogP contribution in [0.3, 0.4) is 0 Å². The molecule has 18 heavy (non-hydrogen) atoms. The van der Waals surface area contributed by atoms with Crippen molar-refractivity contribution < 1.29 is 0 Å². The number of hydrogen-bond acceptors (Lipinski definition) is 4. The zero-order valence-electron chi connectivity index (χ0n) is 10.8. The largest absolute Gasteiger partial charge is 0.350 e. The minimum absolute atomic E-state index is 0.475. The predicted octanol–water partition coefficient (Wildman–Crippen LogP) is 2.87. The summed E-state index contributed by atoms with van der Waals surface area (Å²) in [5.74, 6) is 2.09. The van der Waals surface area contributed by atoms with Crippen LogP contribution in [0, 0.1) is 11.8 Å². The van der Waals surface area contributed by atoms with Crippen molar-refractivity contribution in [1.82, 2.24) is 15.2 Å². The zero-order valence-corrected chi connectivity index (χ0v) is 10.8. The van der Waals surface area contributed by atoms with Crippen LogP contribution in [0.25, 0.3) is 11.0 Å². The molecule has 0 aliphatic heterocycles. The third kappa shape index (κ3) is 2.03. The quantitative estimate of drug-likeness (QED) is 0.879. The maximum Gasteiger partial charge on any atom is 0.243 e. The molecule has 0 spiro atoms. The van der Waals surface area contributed by atoms with Crippen molar-refractivity contribution in [1.29, 1.82) is 0 Å². The lowest BCUT2D eigenvalue weighted by Gasteiger charge is -2.19. The van der Waals surface area contributed by atoms with Crippen molar-refractivity contribution in [3.05, 3.63) is 24.3 Å². The molecule has 0 radical (unpaired) electrons. The fourth-order valence-corrected chi connectivity index (χ4v) is 2.68. The Bertz CT molecular complexity index is 554. The Morgan fingerprint density at radius 1 is 1.06 bits per heavy atom. The molecule has 4 nitrogen and oxygen atoms in total. The average Bonchev–Trinajstić information content (AvgIpc) is 2.71. The van der Waals surface area contributed by atoms with E-state index < -0.39 is 0 Å². The van der Waals surface area contributed by atoms with Crippen molar-refractivity contribution in [3.8, 4) is 0 Å². The highest BCUT2D eigenvalue weighted by molar-refractivity contribution is 5.74. The van der Waals surface area contributed by atoms with E-state index in [-0.39, 0.29) is 0 Å². The van der Waals surface area contributed by atoms with Gasteiger partial charge in [0.1, 0.15) is 5.52 Å². The van der Waals surface area contributed by atoms with Gasteiger partial charge in [-0.1, -0.05) is 26.0 Å². The van der Waals surface area contributed by atoms with E-state index in [1.54, 1.807) is 0 Å². The highest BCUT2D eigenvalue weighted by Gasteiger charge is 2.30. The molecule has 0 saturated heterocycles. The van der Waals surface area contributed by atoms with Crippen molar-refractivity contribution in [3.63, 3.8) is 0 Å². The van der Waals surface area contributed by atoms with Crippen LogP contribution in [-0.2, 0) is 0 Å². The van der Waals surface area contributed by atoms with E-state index in [0.717, 1.165) is 17.0 Å². The Kier molecular flexibility index (Phi) is 2.86. The van der Waals surface area contributed by atoms with Crippen LogP contribution in [0.2, 0.25) is 0 Å². The lowest BCUT2D eigenvalue weighted by molar-refractivity contribution is 0.434. The number of rotatable bonds is 2. The smallest absolute Gasteiger partial charge is 0.243 e. The summed E-state index contributed by atoms with van der Waals surface area (Å²) in [6.45, 7) is 4.61. The van der Waals surface area contributed by atoms with Crippen LogP contribution in [-0.4, -0.2) is 21.2 Å². The lowest BCUT2D eigenvalue weighted by Crippen LogP contribution is -2.25. The van der Waals surface area contributed by atoms with Crippen LogP contribution in [0.15, 0.2) is 24.3 Å². The molecule has 3 unspecified atom stereocenters. The molecule has 3 rings (SSSR count). The van der Waals surface area contributed by atoms with E-state index in [0.29, 0.717) is 17.9 Å². The first-order valence-electron chi connectivity index (χ1n) is 6.60. The second-order valence-electron chi connectivity index (χ2n) is 5.29. The molecular weight excluding hydrogens is 224 g/mol. The van der Waals surface area contributed by atoms with E-state index in [1.165, 1.54) is 12.8 Å². The summed E-state index contributed by atoms with van der Waals surface area (Å²) >= 11 is 0. The summed E-state index contributed by atoms with van der Waals surface area (Å²) in [6, 6.07) is 8.30. The highest BCUT2D eigenvalue weighted by Crippen LogP contribution is 2.32. The van der Waals surface area contributed by atoms with Crippen molar-refractivity contribution in [2.75, 3.05) is 5.32 Å². The van der Waals surface area contributed by atoms with Crippen LogP contribution in [0.5, 0.6) is 0 Å². The van der Waals surface area contributed by atoms with E-state index in [1.807, 2.05) is 24.3 Å². The van der Waals surface area contributed by atoms with E-state index >= 15 is 0 Å². The van der Waals surface area contributed by atoms with Gasteiger partial charge in [-0.15, -0.1) is 10.2 Å². The fourth-order valence-electron chi connectivity index (χ4n) is 2.68. The SMILES string of the molecule is CC1CCC(Nc2nnc3ccccc3n2)C1C. The van der Waals surface area contributed by atoms with Gasteiger partial charge in [-0.05, 0) is 36.8 Å². The van der Waals surface area contributed by atoms with Gasteiger partial charge in [0.05, 0.1) is 5.52 Å². The van der Waals surface area contributed by atoms with Gasteiger partial charge >= 0.3 is 0 Å². The molecule has 2 aromatic rings. The van der Waals surface area contributed by atoms with Gasteiger partial charge in [0.25, 0.3) is 0 Å². The van der Waals surface area contributed by atoms with Crippen LogP contribution >= 0.6 is 0 Å². The molecule has 3 atom stereocenters. The van der Waals surface area contributed by atoms with Gasteiger partial charge in [-0.3, -0.25) is 0 Å². The Labute approximate surface area is 107 Å². The molecule has 0 amide bonds. The minimum Gasteiger partial charge on any atom is -0.350 e. The Balaban J connectivity index is 1.82. The number of anilines is 1. The zero-order chi connectivity index (χ0) is 12.5. The topological polar surface area (TPSA) is 50.7 Å². The van der Waals surface area contributed by atoms with Crippen LogP contribution in [0.4, 0.5) is 5.95 Å². The number of fused-ring (bicyclic) bond motifs is 1. The third-order valence-electron chi connectivity index (χ3n) is 4.14. The Hall–Kier alpha value is -1.71. The maximum atomic E-state index is 4.51. The summed E-state index contributed by atoms with van der Waals surface area (Å²) < 4.78 is 0. The average molecular weight is 242 g/mol. The first-order valence-corrected chi connectivity index (χ1v) is 6.60. The summed E-state index contributed by atoms with van der Waals surface area (Å²) in [5.41, 5.74) is 1.74. The summed E-state index contributed by atoms with van der Waals surface area (Å²) in [7, 11) is 0. The Morgan fingerprint density at radius 3 is 2.56 bits per heavy atom. The first kappa shape index (κ1) is 11.4. The molecule has 94 valence electrons. The maximum absolute atomic E-state index is 4.51. The lowest BCUT2D eigenvalue weighted by atomic mass is 9.98. The number of aromatic nitrogens is 3. The van der Waals surface area contributed by atoms with Crippen molar-refractivity contribution in [2.24, 2.45) is 11.8 Å². The van der Waals surface area contributed by atoms with Gasteiger partial charge in [-0.25, -0.2) is 4.98 Å². The minimum atomic E-state index is 0.475. The molecule has 1 aromatic carbocycles. The van der Waals surface area contributed by atoms with Crippen LogP contribution in [0.1, 0.15) is 26.7 Å². The second kappa shape index (κ2) is 4.52. The van der Waals surface area contributed by atoms with Gasteiger partial charge < -0.3 is 5.32 Å². The Morgan fingerprint density at radius 2 is 1.83 bits per heavy atom. The number of nitrogens with one attached hydrogen (secondary N) is 1. The van der Waals surface area contributed by atoms with Gasteiger partial charge in [0.2, 0.25) is 5.95 Å². The fraction of sp³-hybridized carbons (Fsp3) is 0.500. The van der Waals surface area contributed by atoms with Gasteiger partial charge in [0, 0.05) is 6.04 Å². The highest BCUT2D eigenvalue weighted by atomic mass is 15.2. The summed E-state index contributed by atoms with van der Waals surface area (Å²) in [4.78, 5) is 4.51. The third-order valence-corrected chi connectivity index (χ3v) is 4.14. The summed E-state index contributed by atoms with van der Waals surface area (Å²) in [5, 5.41) is 11.8. The normalized spacial score (nSPS) is 27.6. The monoisotopic (exact) mass is 242 g/mol. The number of para-hydroxylation sites is 1. The molecule has 1 aromatic heterocycles. The first-order chi connectivity index (χ1) is 8.74. The molecule has 1 fully saturated rings. The molecular formula is C14H18N4. The second-order valence-corrected chi connectivity index (χ2v) is 5.29. The molecule has 0 bridgehead atoms. The molecule has 1 N–H and O–H groups in total. The van der Waals surface area contributed by atoms with Crippen molar-refractivity contribution in [2.45, 2.75) is 32.7 Å². The van der Waals surface area contributed by atoms with Crippen molar-refractivity contribution >= 4 is 17.0 Å². The number of hydrogen-bond donors (Lipinski definition) is 1. The molecule has 1 aliphatic rings. The molecule has 1 heterocycles. The standard InChI is InChI=1S/C14H18N4/c1-9-7-8-11(10(9)2)15-14-16-12-5-3-4-6-13(12)17-18-14/h3-6,9-11H,7-8H2,1-2H3,(H,15,16,18). The van der Waals surface area contributed by atoms with Gasteiger partial charge in [-0.2, -0.15) is 0 Å². The number of benzene rings is 1. The van der Waals surface area contributed by atoms with Gasteiger partial charge in [0.15, 0.2) is 0 Å².